The van der Waals surface area contributed by atoms with E-state index >= 15 is 0 Å². The lowest BCUT2D eigenvalue weighted by molar-refractivity contribution is 0.459. The number of benzene rings is 1. The molecule has 0 aliphatic heterocycles. The molecule has 1 N–H and O–H groups in total. The van der Waals surface area contributed by atoms with E-state index in [0.717, 1.165) is 43.4 Å². The highest BCUT2D eigenvalue weighted by molar-refractivity contribution is 5.26. The summed E-state index contributed by atoms with van der Waals surface area (Å²) in [5, 5.41) is 3.45. The van der Waals surface area contributed by atoms with Gasteiger partial charge in [-0.1, -0.05) is 44.4 Å². The molecule has 0 aliphatic carbocycles. The molecule has 0 aliphatic rings. The van der Waals surface area contributed by atoms with Crippen LogP contribution < -0.4 is 5.32 Å². The first kappa shape index (κ1) is 14.2. The Hall–Kier alpha value is -0.890. The van der Waals surface area contributed by atoms with Gasteiger partial charge in [-0.15, -0.1) is 0 Å². The first-order chi connectivity index (χ1) is 8.19. The molecule has 1 unspecified atom stereocenters. The molecule has 17 heavy (non-hydrogen) atoms. The molecule has 0 saturated heterocycles. The van der Waals surface area contributed by atoms with Crippen LogP contribution in [0, 0.1) is 12.7 Å². The second-order valence-corrected chi connectivity index (χ2v) is 4.67. The molecule has 2 heteroatoms. The van der Waals surface area contributed by atoms with Crippen LogP contribution in [0.4, 0.5) is 4.39 Å². The van der Waals surface area contributed by atoms with Gasteiger partial charge < -0.3 is 5.32 Å². The Morgan fingerprint density at radius 2 is 2.00 bits per heavy atom. The Bertz CT molecular complexity index is 328. The van der Waals surface area contributed by atoms with Crippen molar-refractivity contribution in [3.63, 3.8) is 0 Å². The summed E-state index contributed by atoms with van der Waals surface area (Å²) < 4.78 is 13.8. The highest BCUT2D eigenvalue weighted by atomic mass is 19.1. The van der Waals surface area contributed by atoms with E-state index < -0.39 is 0 Å². The third kappa shape index (κ3) is 4.47. The van der Waals surface area contributed by atoms with Crippen LogP contribution >= 0.6 is 0 Å². The molecule has 1 nitrogen and oxygen atoms in total. The zero-order valence-electron chi connectivity index (χ0n) is 11.2. The van der Waals surface area contributed by atoms with Crippen LogP contribution in [0.3, 0.4) is 0 Å². The largest absolute Gasteiger partial charge is 0.310 e. The summed E-state index contributed by atoms with van der Waals surface area (Å²) in [5.74, 6) is -0.0830. The minimum Gasteiger partial charge on any atom is -0.310 e. The van der Waals surface area contributed by atoms with Crippen molar-refractivity contribution in [2.75, 3.05) is 6.54 Å². The SMILES string of the molecule is CCCCC(NCCC)c1cc(C)ccc1F. The number of hydrogen-bond donors (Lipinski definition) is 1. The molecule has 0 radical (unpaired) electrons. The molecule has 1 atom stereocenters. The summed E-state index contributed by atoms with van der Waals surface area (Å²) in [4.78, 5) is 0. The first-order valence-corrected chi connectivity index (χ1v) is 6.68. The molecule has 0 fully saturated rings. The van der Waals surface area contributed by atoms with Crippen LogP contribution in [0.2, 0.25) is 0 Å². The zero-order chi connectivity index (χ0) is 12.7. The molecule has 0 saturated carbocycles. The number of nitrogens with one attached hydrogen (secondary N) is 1. The van der Waals surface area contributed by atoms with E-state index in [4.69, 9.17) is 0 Å². The fraction of sp³-hybridized carbons (Fsp3) is 0.600. The summed E-state index contributed by atoms with van der Waals surface area (Å²) in [6, 6.07) is 5.54. The van der Waals surface area contributed by atoms with E-state index in [1.54, 1.807) is 6.07 Å². The standard InChI is InChI=1S/C15H24FN/c1-4-6-7-15(17-10-5-2)13-11-12(3)8-9-14(13)16/h8-9,11,15,17H,4-7,10H2,1-3H3. The van der Waals surface area contributed by atoms with Crippen LogP contribution in [0.5, 0.6) is 0 Å². The van der Waals surface area contributed by atoms with E-state index in [9.17, 15) is 4.39 Å². The molecule has 1 aromatic rings. The van der Waals surface area contributed by atoms with Crippen molar-refractivity contribution < 1.29 is 4.39 Å². The average molecular weight is 237 g/mol. The fourth-order valence-corrected chi connectivity index (χ4v) is 2.02. The van der Waals surface area contributed by atoms with Crippen LogP contribution in [0.25, 0.3) is 0 Å². The van der Waals surface area contributed by atoms with Crippen molar-refractivity contribution in [3.05, 3.63) is 35.1 Å². The van der Waals surface area contributed by atoms with Gasteiger partial charge >= 0.3 is 0 Å². The lowest BCUT2D eigenvalue weighted by atomic mass is 9.98. The van der Waals surface area contributed by atoms with Gasteiger partial charge in [0.2, 0.25) is 0 Å². The van der Waals surface area contributed by atoms with Gasteiger partial charge in [-0.25, -0.2) is 4.39 Å². The lowest BCUT2D eigenvalue weighted by Gasteiger charge is -2.20. The second-order valence-electron chi connectivity index (χ2n) is 4.67. The number of hydrogen-bond acceptors (Lipinski definition) is 1. The van der Waals surface area contributed by atoms with Crippen molar-refractivity contribution in [2.24, 2.45) is 0 Å². The van der Waals surface area contributed by atoms with E-state index in [2.05, 4.69) is 19.2 Å². The van der Waals surface area contributed by atoms with Crippen molar-refractivity contribution in [3.8, 4) is 0 Å². The molecular weight excluding hydrogens is 213 g/mol. The maximum absolute atomic E-state index is 13.8. The molecular formula is C15H24FN. The summed E-state index contributed by atoms with van der Waals surface area (Å²) in [6.45, 7) is 7.27. The van der Waals surface area contributed by atoms with Crippen molar-refractivity contribution in [2.45, 2.75) is 52.5 Å². The van der Waals surface area contributed by atoms with Gasteiger partial charge in [0, 0.05) is 11.6 Å². The Morgan fingerprint density at radius 1 is 1.24 bits per heavy atom. The van der Waals surface area contributed by atoms with Gasteiger partial charge in [0.05, 0.1) is 0 Å². The summed E-state index contributed by atoms with van der Waals surface area (Å²) in [6.07, 6.45) is 4.37. The maximum atomic E-state index is 13.8. The van der Waals surface area contributed by atoms with Crippen LogP contribution in [-0.4, -0.2) is 6.54 Å². The summed E-state index contributed by atoms with van der Waals surface area (Å²) >= 11 is 0. The molecule has 0 heterocycles. The highest BCUT2D eigenvalue weighted by Crippen LogP contribution is 2.23. The molecule has 1 aromatic carbocycles. The average Bonchev–Trinajstić information content (AvgIpc) is 2.33. The third-order valence-electron chi connectivity index (χ3n) is 3.01. The van der Waals surface area contributed by atoms with E-state index in [-0.39, 0.29) is 11.9 Å². The highest BCUT2D eigenvalue weighted by Gasteiger charge is 2.14. The predicted octanol–water partition coefficient (Wildman–Crippen LogP) is 4.37. The quantitative estimate of drug-likeness (QED) is 0.742. The van der Waals surface area contributed by atoms with E-state index in [1.807, 2.05) is 19.1 Å². The monoisotopic (exact) mass is 237 g/mol. The van der Waals surface area contributed by atoms with Crippen LogP contribution in [0.15, 0.2) is 18.2 Å². The van der Waals surface area contributed by atoms with Gasteiger partial charge in [-0.3, -0.25) is 0 Å². The van der Waals surface area contributed by atoms with Crippen molar-refractivity contribution in [1.29, 1.82) is 0 Å². The minimum absolute atomic E-state index is 0.0830. The van der Waals surface area contributed by atoms with Gasteiger partial charge in [0.25, 0.3) is 0 Å². The van der Waals surface area contributed by atoms with Crippen LogP contribution in [-0.2, 0) is 0 Å². The Kier molecular flexibility index (Phi) is 6.20. The Labute approximate surface area is 104 Å². The van der Waals surface area contributed by atoms with Crippen LogP contribution in [0.1, 0.15) is 56.7 Å². The number of unbranched alkanes of at least 4 members (excludes halogenated alkanes) is 1. The smallest absolute Gasteiger partial charge is 0.127 e. The molecule has 0 bridgehead atoms. The molecule has 0 aromatic heterocycles. The zero-order valence-corrected chi connectivity index (χ0v) is 11.2. The fourth-order valence-electron chi connectivity index (χ4n) is 2.02. The maximum Gasteiger partial charge on any atom is 0.127 e. The lowest BCUT2D eigenvalue weighted by Crippen LogP contribution is -2.23. The first-order valence-electron chi connectivity index (χ1n) is 6.68. The Morgan fingerprint density at radius 3 is 2.65 bits per heavy atom. The van der Waals surface area contributed by atoms with Gasteiger partial charge in [-0.2, -0.15) is 0 Å². The predicted molar refractivity (Wildman–Crippen MR) is 71.7 cm³/mol. The topological polar surface area (TPSA) is 12.0 Å². The molecule has 0 spiro atoms. The number of aryl methyl sites for hydroxylation is 1. The van der Waals surface area contributed by atoms with Gasteiger partial charge in [0.1, 0.15) is 5.82 Å². The number of rotatable bonds is 7. The van der Waals surface area contributed by atoms with Crippen molar-refractivity contribution >= 4 is 0 Å². The third-order valence-corrected chi connectivity index (χ3v) is 3.01. The second kappa shape index (κ2) is 7.44. The van der Waals surface area contributed by atoms with Gasteiger partial charge in [0.15, 0.2) is 0 Å². The molecule has 0 amide bonds. The van der Waals surface area contributed by atoms with E-state index in [0.29, 0.717) is 0 Å². The molecule has 96 valence electrons. The van der Waals surface area contributed by atoms with Crippen molar-refractivity contribution in [1.82, 2.24) is 5.32 Å². The number of halogens is 1. The van der Waals surface area contributed by atoms with E-state index in [1.165, 1.54) is 0 Å². The molecule has 1 rings (SSSR count). The van der Waals surface area contributed by atoms with Gasteiger partial charge in [-0.05, 0) is 32.4 Å². The minimum atomic E-state index is -0.0830. The summed E-state index contributed by atoms with van der Waals surface area (Å²) in [7, 11) is 0. The normalized spacial score (nSPS) is 12.7. The summed E-state index contributed by atoms with van der Waals surface area (Å²) in [5.41, 5.74) is 1.95. The Balaban J connectivity index is 2.82.